The molecular formula is C14H15IO2. The van der Waals surface area contributed by atoms with Gasteiger partial charge >= 0.3 is 5.97 Å². The topological polar surface area (TPSA) is 26.3 Å². The molecule has 0 aromatic heterocycles. The minimum Gasteiger partial charge on any atom is -0.465 e. The number of esters is 1. The van der Waals surface area contributed by atoms with Crippen LogP contribution in [0.4, 0.5) is 0 Å². The molecule has 3 heteroatoms. The van der Waals surface area contributed by atoms with Gasteiger partial charge in [0.25, 0.3) is 0 Å². The monoisotopic (exact) mass is 342 g/mol. The molecule has 0 radical (unpaired) electrons. The molecule has 0 aliphatic heterocycles. The summed E-state index contributed by atoms with van der Waals surface area (Å²) >= 11 is 2.60. The predicted molar refractivity (Wildman–Crippen MR) is 74.5 cm³/mol. The van der Waals surface area contributed by atoms with Crippen LogP contribution >= 0.6 is 22.6 Å². The van der Waals surface area contributed by atoms with Crippen molar-refractivity contribution < 1.29 is 9.53 Å². The van der Waals surface area contributed by atoms with E-state index in [1.807, 2.05) is 12.1 Å². The van der Waals surface area contributed by atoms with Gasteiger partial charge in [0.15, 0.2) is 0 Å². The Morgan fingerprint density at radius 1 is 1.29 bits per heavy atom. The molecule has 4 rings (SSSR count). The molecule has 0 unspecified atom stereocenters. The molecule has 0 atom stereocenters. The Balaban J connectivity index is 1.67. The van der Waals surface area contributed by atoms with Crippen molar-refractivity contribution in [2.24, 2.45) is 5.41 Å². The lowest BCUT2D eigenvalue weighted by atomic mass is 9.43. The molecule has 3 aliphatic rings. The Kier molecular flexibility index (Phi) is 2.51. The number of carbonyl (C=O) groups excluding carboxylic acids is 1. The SMILES string of the molecule is COC(=O)c1ccc(CC23CC(I)(C2)C3)cc1. The van der Waals surface area contributed by atoms with Gasteiger partial charge in [-0.1, -0.05) is 34.7 Å². The number of methoxy groups -OCH3 is 1. The fraction of sp³-hybridized carbons (Fsp3) is 0.500. The van der Waals surface area contributed by atoms with Crippen LogP contribution in [0.1, 0.15) is 35.2 Å². The molecule has 0 saturated heterocycles. The Morgan fingerprint density at radius 2 is 1.88 bits per heavy atom. The lowest BCUT2D eigenvalue weighted by molar-refractivity contribution is -0.0614. The van der Waals surface area contributed by atoms with Crippen LogP contribution in [0.5, 0.6) is 0 Å². The lowest BCUT2D eigenvalue weighted by Crippen LogP contribution is -2.63. The molecule has 0 spiro atoms. The van der Waals surface area contributed by atoms with Crippen molar-refractivity contribution >= 4 is 28.6 Å². The van der Waals surface area contributed by atoms with Crippen molar-refractivity contribution in [2.75, 3.05) is 7.11 Å². The fourth-order valence-electron chi connectivity index (χ4n) is 3.36. The zero-order valence-corrected chi connectivity index (χ0v) is 12.0. The van der Waals surface area contributed by atoms with Gasteiger partial charge in [-0.15, -0.1) is 0 Å². The highest BCUT2D eigenvalue weighted by Gasteiger charge is 2.65. The number of halogens is 1. The first-order valence-corrected chi connectivity index (χ1v) is 6.98. The van der Waals surface area contributed by atoms with Gasteiger partial charge in [-0.2, -0.15) is 0 Å². The van der Waals surface area contributed by atoms with Crippen LogP contribution in [0, 0.1) is 5.41 Å². The zero-order chi connectivity index (χ0) is 12.1. The minimum atomic E-state index is -0.256. The highest BCUT2D eigenvalue weighted by molar-refractivity contribution is 14.1. The van der Waals surface area contributed by atoms with E-state index in [1.165, 1.54) is 38.4 Å². The molecule has 1 aromatic carbocycles. The third kappa shape index (κ3) is 1.88. The van der Waals surface area contributed by atoms with Crippen molar-refractivity contribution in [3.8, 4) is 0 Å². The molecular weight excluding hydrogens is 327 g/mol. The van der Waals surface area contributed by atoms with Crippen LogP contribution in [-0.4, -0.2) is 16.5 Å². The first-order chi connectivity index (χ1) is 8.04. The lowest BCUT2D eigenvalue weighted by Gasteiger charge is -2.68. The van der Waals surface area contributed by atoms with Gasteiger partial charge in [-0.25, -0.2) is 4.79 Å². The molecule has 90 valence electrons. The Bertz CT molecular complexity index is 444. The molecule has 17 heavy (non-hydrogen) atoms. The minimum absolute atomic E-state index is 0.256. The maximum Gasteiger partial charge on any atom is 0.337 e. The summed E-state index contributed by atoms with van der Waals surface area (Å²) in [6.07, 6.45) is 5.29. The van der Waals surface area contributed by atoms with Gasteiger partial charge in [0.2, 0.25) is 0 Å². The molecule has 1 aromatic rings. The molecule has 0 amide bonds. The van der Waals surface area contributed by atoms with E-state index in [-0.39, 0.29) is 5.97 Å². The van der Waals surface area contributed by atoms with Crippen LogP contribution < -0.4 is 0 Å². The number of hydrogen-bond donors (Lipinski definition) is 0. The van der Waals surface area contributed by atoms with E-state index in [9.17, 15) is 4.79 Å². The second-order valence-corrected chi connectivity index (χ2v) is 7.83. The molecule has 0 N–H and O–H groups in total. The number of alkyl halides is 1. The van der Waals surface area contributed by atoms with Crippen LogP contribution in [0.3, 0.4) is 0 Å². The quantitative estimate of drug-likeness (QED) is 0.478. The van der Waals surface area contributed by atoms with Gasteiger partial charge in [0.1, 0.15) is 0 Å². The van der Waals surface area contributed by atoms with Gasteiger partial charge in [-0.05, 0) is 48.8 Å². The van der Waals surface area contributed by atoms with Crippen molar-refractivity contribution in [3.63, 3.8) is 0 Å². The van der Waals surface area contributed by atoms with Gasteiger partial charge in [0.05, 0.1) is 12.7 Å². The average molecular weight is 342 g/mol. The van der Waals surface area contributed by atoms with Crippen molar-refractivity contribution in [1.82, 2.24) is 0 Å². The normalized spacial score (nSPS) is 33.5. The van der Waals surface area contributed by atoms with E-state index in [0.717, 1.165) is 0 Å². The summed E-state index contributed by atoms with van der Waals surface area (Å²) in [6, 6.07) is 7.86. The summed E-state index contributed by atoms with van der Waals surface area (Å²) in [5.41, 5.74) is 2.57. The van der Waals surface area contributed by atoms with Crippen LogP contribution in [-0.2, 0) is 11.2 Å². The van der Waals surface area contributed by atoms with Crippen molar-refractivity contribution in [2.45, 2.75) is 29.1 Å². The molecule has 2 nitrogen and oxygen atoms in total. The number of benzene rings is 1. The maximum absolute atomic E-state index is 11.3. The van der Waals surface area contributed by atoms with Crippen LogP contribution in [0.2, 0.25) is 0 Å². The molecule has 3 fully saturated rings. The predicted octanol–water partition coefficient (Wildman–Crippen LogP) is 3.37. The van der Waals surface area contributed by atoms with Gasteiger partial charge < -0.3 is 4.74 Å². The summed E-state index contributed by atoms with van der Waals surface area (Å²) in [5, 5.41) is 0. The maximum atomic E-state index is 11.3. The molecule has 3 saturated carbocycles. The highest BCUT2D eigenvalue weighted by Crippen LogP contribution is 2.72. The zero-order valence-electron chi connectivity index (χ0n) is 9.83. The summed E-state index contributed by atoms with van der Waals surface area (Å²) in [5.74, 6) is -0.256. The second-order valence-electron chi connectivity index (χ2n) is 5.55. The van der Waals surface area contributed by atoms with E-state index in [4.69, 9.17) is 4.74 Å². The average Bonchev–Trinajstić information content (AvgIpc) is 2.25. The molecule has 3 aliphatic carbocycles. The number of ether oxygens (including phenoxy) is 1. The largest absolute Gasteiger partial charge is 0.465 e. The van der Waals surface area contributed by atoms with E-state index in [0.29, 0.717) is 14.4 Å². The second kappa shape index (κ2) is 3.70. The van der Waals surface area contributed by atoms with Crippen LogP contribution in [0.15, 0.2) is 24.3 Å². The van der Waals surface area contributed by atoms with E-state index < -0.39 is 0 Å². The molecule has 2 bridgehead atoms. The summed E-state index contributed by atoms with van der Waals surface area (Å²) in [7, 11) is 1.41. The Morgan fingerprint density at radius 3 is 2.35 bits per heavy atom. The smallest absolute Gasteiger partial charge is 0.337 e. The Hall–Kier alpha value is -0.580. The fourth-order valence-corrected chi connectivity index (χ4v) is 5.79. The molecule has 0 heterocycles. The third-order valence-corrected chi connectivity index (χ3v) is 5.17. The van der Waals surface area contributed by atoms with Crippen LogP contribution in [0.25, 0.3) is 0 Å². The highest BCUT2D eigenvalue weighted by atomic mass is 127. The first kappa shape index (κ1) is 11.5. The summed E-state index contributed by atoms with van der Waals surface area (Å²) < 4.78 is 5.33. The van der Waals surface area contributed by atoms with E-state index in [1.54, 1.807) is 0 Å². The van der Waals surface area contributed by atoms with E-state index in [2.05, 4.69) is 34.7 Å². The first-order valence-electron chi connectivity index (χ1n) is 5.91. The number of carbonyl (C=O) groups is 1. The van der Waals surface area contributed by atoms with Gasteiger partial charge in [0, 0.05) is 3.42 Å². The van der Waals surface area contributed by atoms with Crippen molar-refractivity contribution in [1.29, 1.82) is 0 Å². The van der Waals surface area contributed by atoms with Gasteiger partial charge in [-0.3, -0.25) is 0 Å². The number of hydrogen-bond acceptors (Lipinski definition) is 2. The Labute approximate surface area is 115 Å². The number of rotatable bonds is 3. The summed E-state index contributed by atoms with van der Waals surface area (Å²) in [6.45, 7) is 0. The summed E-state index contributed by atoms with van der Waals surface area (Å²) in [4.78, 5) is 11.3. The third-order valence-electron chi connectivity index (χ3n) is 4.03. The van der Waals surface area contributed by atoms with Crippen molar-refractivity contribution in [3.05, 3.63) is 35.4 Å². The van der Waals surface area contributed by atoms with E-state index >= 15 is 0 Å². The standard InChI is InChI=1S/C14H15IO2/c1-17-12(16)11-4-2-10(3-5-11)6-13-7-14(15,8-13)9-13/h2-5H,6-9H2,1H3.